The van der Waals surface area contributed by atoms with Crippen LogP contribution in [0.5, 0.6) is 0 Å². The number of benzene rings is 2. The Morgan fingerprint density at radius 3 is 2.65 bits per heavy atom. The second-order valence-corrected chi connectivity index (χ2v) is 4.88. The molecule has 4 aromatic rings. The standard InChI is InChI=1S/C14H7BrO2/c15-11-7-16-13-6-14-9(5-10(11)13)8-3-1-2-4-12(8)17-14/h1-7H. The van der Waals surface area contributed by atoms with Gasteiger partial charge < -0.3 is 8.83 Å². The lowest BCUT2D eigenvalue weighted by Gasteiger charge is -1.90. The van der Waals surface area contributed by atoms with Crippen molar-refractivity contribution in [1.82, 2.24) is 0 Å². The molecule has 0 atom stereocenters. The number of halogens is 1. The van der Waals surface area contributed by atoms with Gasteiger partial charge in [-0.3, -0.25) is 0 Å². The molecule has 3 heteroatoms. The maximum Gasteiger partial charge on any atom is 0.139 e. The predicted octanol–water partition coefficient (Wildman–Crippen LogP) is 5.09. The SMILES string of the molecule is Brc1coc2cc3oc4ccccc4c3cc12. The first-order valence-corrected chi connectivity index (χ1v) is 6.10. The number of hydrogen-bond acceptors (Lipinski definition) is 2. The third-order valence-corrected chi connectivity index (χ3v) is 3.64. The van der Waals surface area contributed by atoms with Crippen molar-refractivity contribution in [3.63, 3.8) is 0 Å². The molecule has 2 heterocycles. The molecule has 0 aliphatic heterocycles. The Balaban J connectivity index is 2.29. The largest absolute Gasteiger partial charge is 0.463 e. The Labute approximate surface area is 105 Å². The molecule has 2 aromatic carbocycles. The highest BCUT2D eigenvalue weighted by molar-refractivity contribution is 9.10. The second-order valence-electron chi connectivity index (χ2n) is 4.03. The summed E-state index contributed by atoms with van der Waals surface area (Å²) < 4.78 is 12.2. The molecule has 2 aromatic heterocycles. The highest BCUT2D eigenvalue weighted by Gasteiger charge is 2.10. The van der Waals surface area contributed by atoms with E-state index in [0.717, 1.165) is 37.4 Å². The van der Waals surface area contributed by atoms with Crippen LogP contribution in [0.2, 0.25) is 0 Å². The third kappa shape index (κ3) is 1.20. The molecule has 17 heavy (non-hydrogen) atoms. The van der Waals surface area contributed by atoms with Gasteiger partial charge in [-0.25, -0.2) is 0 Å². The van der Waals surface area contributed by atoms with Gasteiger partial charge in [-0.1, -0.05) is 18.2 Å². The quantitative estimate of drug-likeness (QED) is 0.450. The number of hydrogen-bond donors (Lipinski definition) is 0. The lowest BCUT2D eigenvalue weighted by atomic mass is 10.1. The average molecular weight is 287 g/mol. The number of furan rings is 2. The topological polar surface area (TPSA) is 26.3 Å². The second kappa shape index (κ2) is 3.14. The van der Waals surface area contributed by atoms with Crippen molar-refractivity contribution in [1.29, 1.82) is 0 Å². The van der Waals surface area contributed by atoms with E-state index in [4.69, 9.17) is 8.83 Å². The van der Waals surface area contributed by atoms with Crippen LogP contribution in [0.3, 0.4) is 0 Å². The summed E-state index contributed by atoms with van der Waals surface area (Å²) in [5.74, 6) is 0. The van der Waals surface area contributed by atoms with Crippen molar-refractivity contribution >= 4 is 48.8 Å². The molecule has 0 aliphatic rings. The van der Waals surface area contributed by atoms with Gasteiger partial charge in [0.05, 0.1) is 4.47 Å². The van der Waals surface area contributed by atoms with Crippen LogP contribution in [-0.4, -0.2) is 0 Å². The molecular formula is C14H7BrO2. The van der Waals surface area contributed by atoms with Gasteiger partial charge in [-0.15, -0.1) is 0 Å². The lowest BCUT2D eigenvalue weighted by Crippen LogP contribution is -1.67. The Hall–Kier alpha value is -1.74. The van der Waals surface area contributed by atoms with Gasteiger partial charge in [0, 0.05) is 22.2 Å². The van der Waals surface area contributed by atoms with Crippen LogP contribution in [0, 0.1) is 0 Å². The molecule has 0 N–H and O–H groups in total. The van der Waals surface area contributed by atoms with E-state index in [1.54, 1.807) is 6.26 Å². The zero-order valence-electron chi connectivity index (χ0n) is 8.74. The van der Waals surface area contributed by atoms with Crippen LogP contribution < -0.4 is 0 Å². The van der Waals surface area contributed by atoms with Crippen LogP contribution in [0.4, 0.5) is 0 Å². The minimum absolute atomic E-state index is 0.837. The van der Waals surface area contributed by atoms with E-state index in [1.807, 2.05) is 24.3 Å². The fraction of sp³-hybridized carbons (Fsp3) is 0. The molecule has 0 fully saturated rings. The van der Waals surface area contributed by atoms with Crippen LogP contribution in [0.1, 0.15) is 0 Å². The van der Waals surface area contributed by atoms with E-state index in [2.05, 4.69) is 28.1 Å². The number of rotatable bonds is 0. The molecule has 0 radical (unpaired) electrons. The Kier molecular flexibility index (Phi) is 1.72. The van der Waals surface area contributed by atoms with Crippen molar-refractivity contribution in [3.05, 3.63) is 47.1 Å². The minimum Gasteiger partial charge on any atom is -0.463 e. The van der Waals surface area contributed by atoms with Crippen molar-refractivity contribution in [2.75, 3.05) is 0 Å². The molecule has 2 nitrogen and oxygen atoms in total. The Morgan fingerprint density at radius 2 is 1.71 bits per heavy atom. The molecule has 4 rings (SSSR count). The fourth-order valence-electron chi connectivity index (χ4n) is 2.22. The van der Waals surface area contributed by atoms with Gasteiger partial charge >= 0.3 is 0 Å². The summed E-state index contributed by atoms with van der Waals surface area (Å²) in [6, 6.07) is 12.1. The monoisotopic (exact) mass is 286 g/mol. The molecule has 0 amide bonds. The van der Waals surface area contributed by atoms with Gasteiger partial charge in [0.15, 0.2) is 0 Å². The highest BCUT2D eigenvalue weighted by Crippen LogP contribution is 2.35. The third-order valence-electron chi connectivity index (χ3n) is 3.03. The molecule has 82 valence electrons. The smallest absolute Gasteiger partial charge is 0.139 e. The molecular weight excluding hydrogens is 280 g/mol. The maximum atomic E-state index is 5.79. The molecule has 0 saturated carbocycles. The fourth-order valence-corrected chi connectivity index (χ4v) is 2.62. The summed E-state index contributed by atoms with van der Waals surface area (Å²) in [6.07, 6.45) is 1.70. The number of para-hydroxylation sites is 1. The van der Waals surface area contributed by atoms with E-state index in [-0.39, 0.29) is 0 Å². The van der Waals surface area contributed by atoms with Crippen LogP contribution >= 0.6 is 15.9 Å². The maximum absolute atomic E-state index is 5.79. The van der Waals surface area contributed by atoms with E-state index >= 15 is 0 Å². The first-order chi connectivity index (χ1) is 8.33. The molecule has 0 saturated heterocycles. The molecule has 0 spiro atoms. The highest BCUT2D eigenvalue weighted by atomic mass is 79.9. The zero-order chi connectivity index (χ0) is 11.4. The molecule has 0 unspecified atom stereocenters. The van der Waals surface area contributed by atoms with E-state index in [9.17, 15) is 0 Å². The summed E-state index contributed by atoms with van der Waals surface area (Å²) in [4.78, 5) is 0. The lowest BCUT2D eigenvalue weighted by molar-refractivity contribution is 0.611. The zero-order valence-corrected chi connectivity index (χ0v) is 10.3. The van der Waals surface area contributed by atoms with Crippen molar-refractivity contribution < 1.29 is 8.83 Å². The summed E-state index contributed by atoms with van der Waals surface area (Å²) in [7, 11) is 0. The van der Waals surface area contributed by atoms with Gasteiger partial charge in [0.25, 0.3) is 0 Å². The summed E-state index contributed by atoms with van der Waals surface area (Å²) in [5.41, 5.74) is 2.61. The van der Waals surface area contributed by atoms with Crippen molar-refractivity contribution in [3.8, 4) is 0 Å². The van der Waals surface area contributed by atoms with Crippen LogP contribution in [-0.2, 0) is 0 Å². The minimum atomic E-state index is 0.837. The Morgan fingerprint density at radius 1 is 0.824 bits per heavy atom. The summed E-state index contributed by atoms with van der Waals surface area (Å²) >= 11 is 3.48. The van der Waals surface area contributed by atoms with Crippen LogP contribution in [0.15, 0.2) is 56.0 Å². The van der Waals surface area contributed by atoms with E-state index in [1.165, 1.54) is 0 Å². The summed E-state index contributed by atoms with van der Waals surface area (Å²) in [5, 5.41) is 3.33. The Bertz CT molecular complexity index is 854. The molecule has 0 aliphatic carbocycles. The van der Waals surface area contributed by atoms with E-state index < -0.39 is 0 Å². The number of fused-ring (bicyclic) bond motifs is 4. The van der Waals surface area contributed by atoms with Crippen molar-refractivity contribution in [2.24, 2.45) is 0 Å². The van der Waals surface area contributed by atoms with Gasteiger partial charge in [0.1, 0.15) is 23.0 Å². The predicted molar refractivity (Wildman–Crippen MR) is 71.2 cm³/mol. The summed E-state index contributed by atoms with van der Waals surface area (Å²) in [6.45, 7) is 0. The molecule has 0 bridgehead atoms. The van der Waals surface area contributed by atoms with Crippen molar-refractivity contribution in [2.45, 2.75) is 0 Å². The van der Waals surface area contributed by atoms with E-state index in [0.29, 0.717) is 0 Å². The van der Waals surface area contributed by atoms with Gasteiger partial charge in [-0.05, 0) is 28.1 Å². The van der Waals surface area contributed by atoms with Gasteiger partial charge in [0.2, 0.25) is 0 Å². The first kappa shape index (κ1) is 9.31. The van der Waals surface area contributed by atoms with Gasteiger partial charge in [-0.2, -0.15) is 0 Å². The normalized spacial score (nSPS) is 11.8. The first-order valence-electron chi connectivity index (χ1n) is 5.31. The van der Waals surface area contributed by atoms with Crippen LogP contribution in [0.25, 0.3) is 32.9 Å². The average Bonchev–Trinajstić information content (AvgIpc) is 2.88.